The fraction of sp³-hybridized carbons (Fsp3) is 0.947. The summed E-state index contributed by atoms with van der Waals surface area (Å²) in [6.45, 7) is 11.2. The Labute approximate surface area is 172 Å². The molecule has 2 rings (SSSR count). The molecule has 170 valence electrons. The Morgan fingerprint density at radius 1 is 1.14 bits per heavy atom. The van der Waals surface area contributed by atoms with E-state index in [1.54, 1.807) is 6.92 Å². The molecule has 1 aliphatic heterocycles. The highest BCUT2D eigenvalue weighted by Crippen LogP contribution is 2.50. The van der Waals surface area contributed by atoms with Crippen molar-refractivity contribution in [1.29, 1.82) is 0 Å². The second kappa shape index (κ2) is 10.2. The van der Waals surface area contributed by atoms with Crippen LogP contribution >= 0.6 is 7.82 Å². The SMILES string of the molecule is CC(C)OC[C@H]1C(O)[C@@H](C)C[C@H]1OP(=O)(O)OC(=O)[C@H]1O[C@@H](C)C[C@H]1OC(C)C. The highest BCUT2D eigenvalue weighted by molar-refractivity contribution is 7.48. The van der Waals surface area contributed by atoms with Gasteiger partial charge in [-0.1, -0.05) is 6.92 Å². The lowest BCUT2D eigenvalue weighted by molar-refractivity contribution is -0.155. The number of phosphoric acid groups is 1. The monoisotopic (exact) mass is 438 g/mol. The molecule has 0 radical (unpaired) electrons. The van der Waals surface area contributed by atoms with Crippen LogP contribution in [0.4, 0.5) is 0 Å². The Balaban J connectivity index is 2.00. The lowest BCUT2D eigenvalue weighted by atomic mass is 10.0. The molecule has 0 aromatic carbocycles. The summed E-state index contributed by atoms with van der Waals surface area (Å²) in [5, 5.41) is 10.4. The van der Waals surface area contributed by atoms with E-state index in [0.29, 0.717) is 12.8 Å². The first-order valence-electron chi connectivity index (χ1n) is 10.2. The van der Waals surface area contributed by atoms with Crippen molar-refractivity contribution in [2.45, 2.75) is 97.1 Å². The summed E-state index contributed by atoms with van der Waals surface area (Å²) in [5.74, 6) is -1.63. The maximum absolute atomic E-state index is 12.5. The van der Waals surface area contributed by atoms with Crippen LogP contribution in [0.5, 0.6) is 0 Å². The van der Waals surface area contributed by atoms with Crippen LogP contribution in [0.15, 0.2) is 0 Å². The van der Waals surface area contributed by atoms with Crippen LogP contribution < -0.4 is 0 Å². The minimum Gasteiger partial charge on any atom is -0.392 e. The molecule has 2 fully saturated rings. The highest BCUT2D eigenvalue weighted by Gasteiger charge is 2.47. The largest absolute Gasteiger partial charge is 0.529 e. The maximum atomic E-state index is 12.5. The molecule has 1 saturated heterocycles. The predicted molar refractivity (Wildman–Crippen MR) is 104 cm³/mol. The molecule has 0 aromatic rings. The number of aliphatic hydroxyl groups is 1. The van der Waals surface area contributed by atoms with Crippen LogP contribution in [0.3, 0.4) is 0 Å². The third-order valence-electron chi connectivity index (χ3n) is 5.16. The summed E-state index contributed by atoms with van der Waals surface area (Å²) in [4.78, 5) is 22.7. The first-order chi connectivity index (χ1) is 13.4. The van der Waals surface area contributed by atoms with Crippen molar-refractivity contribution in [3.8, 4) is 0 Å². The molecule has 2 unspecified atom stereocenters. The molecule has 0 aromatic heterocycles. The molecule has 2 aliphatic rings. The van der Waals surface area contributed by atoms with Gasteiger partial charge in [-0.3, -0.25) is 9.42 Å². The minimum atomic E-state index is -4.72. The van der Waals surface area contributed by atoms with Gasteiger partial charge in [0.25, 0.3) is 0 Å². The second-order valence-corrected chi connectivity index (χ2v) is 9.93. The van der Waals surface area contributed by atoms with E-state index in [-0.39, 0.29) is 30.8 Å². The van der Waals surface area contributed by atoms with Crippen LogP contribution in [0.25, 0.3) is 0 Å². The van der Waals surface area contributed by atoms with E-state index in [4.69, 9.17) is 23.3 Å². The van der Waals surface area contributed by atoms with Gasteiger partial charge in [0.1, 0.15) is 0 Å². The molecule has 0 amide bonds. The molecular weight excluding hydrogens is 403 g/mol. The van der Waals surface area contributed by atoms with Crippen molar-refractivity contribution in [3.05, 3.63) is 0 Å². The van der Waals surface area contributed by atoms with Crippen molar-refractivity contribution in [1.82, 2.24) is 0 Å². The zero-order valence-corrected chi connectivity index (χ0v) is 18.9. The van der Waals surface area contributed by atoms with Crippen molar-refractivity contribution >= 4 is 13.8 Å². The Morgan fingerprint density at radius 3 is 2.38 bits per heavy atom. The molecule has 9 nitrogen and oxygen atoms in total. The second-order valence-electron chi connectivity index (χ2n) is 8.60. The van der Waals surface area contributed by atoms with Crippen LogP contribution in [-0.2, 0) is 32.6 Å². The number of hydrogen-bond acceptors (Lipinski definition) is 8. The normalized spacial score (nSPS) is 37.2. The summed E-state index contributed by atoms with van der Waals surface area (Å²) < 4.78 is 39.4. The maximum Gasteiger partial charge on any atom is 0.529 e. The molecule has 10 heteroatoms. The Kier molecular flexibility index (Phi) is 8.68. The van der Waals surface area contributed by atoms with Gasteiger partial charge in [-0.2, -0.15) is 0 Å². The van der Waals surface area contributed by atoms with Crippen molar-refractivity contribution in [3.63, 3.8) is 0 Å². The summed E-state index contributed by atoms with van der Waals surface area (Å²) >= 11 is 0. The number of carbonyl (C=O) groups excluding carboxylic acids is 1. The van der Waals surface area contributed by atoms with Gasteiger partial charge >= 0.3 is 13.8 Å². The van der Waals surface area contributed by atoms with Crippen molar-refractivity contribution < 1.29 is 42.6 Å². The number of ether oxygens (including phenoxy) is 3. The summed E-state index contributed by atoms with van der Waals surface area (Å²) in [6, 6.07) is 0. The van der Waals surface area contributed by atoms with Gasteiger partial charge in [-0.25, -0.2) is 9.36 Å². The number of phosphoric ester groups is 1. The zero-order valence-electron chi connectivity index (χ0n) is 18.0. The van der Waals surface area contributed by atoms with E-state index < -0.39 is 44.1 Å². The number of hydrogen-bond donors (Lipinski definition) is 2. The lowest BCUT2D eigenvalue weighted by Gasteiger charge is -2.25. The summed E-state index contributed by atoms with van der Waals surface area (Å²) in [6.07, 6.45) is -2.76. The average molecular weight is 438 g/mol. The van der Waals surface area contributed by atoms with E-state index in [9.17, 15) is 19.4 Å². The Hall–Kier alpha value is -0.540. The van der Waals surface area contributed by atoms with Crippen molar-refractivity contribution in [2.75, 3.05) is 6.61 Å². The van der Waals surface area contributed by atoms with Gasteiger partial charge in [-0.15, -0.1) is 0 Å². The molecule has 1 aliphatic carbocycles. The average Bonchev–Trinajstić information content (AvgIpc) is 3.04. The van der Waals surface area contributed by atoms with Gasteiger partial charge in [0.2, 0.25) is 0 Å². The molecule has 8 atom stereocenters. The Morgan fingerprint density at radius 2 is 1.79 bits per heavy atom. The third kappa shape index (κ3) is 6.99. The Bertz CT molecular complexity index is 596. The standard InChI is InChI=1S/C19H35O9P/c1-10(2)24-9-14-15(7-12(5)17(14)20)27-29(22,23)28-19(21)18-16(25-11(3)4)8-13(6)26-18/h10-18,20H,7-9H2,1-6H3,(H,22,23)/t12-,13-,14+,15+,16+,17?,18-/m0/s1. The van der Waals surface area contributed by atoms with E-state index >= 15 is 0 Å². The van der Waals surface area contributed by atoms with E-state index in [2.05, 4.69) is 0 Å². The molecular formula is C19H35O9P. The molecule has 0 spiro atoms. The topological polar surface area (TPSA) is 121 Å². The van der Waals surface area contributed by atoms with Gasteiger partial charge in [-0.05, 0) is 47.0 Å². The van der Waals surface area contributed by atoms with Crippen LogP contribution in [-0.4, -0.2) is 65.3 Å². The highest BCUT2D eigenvalue weighted by atomic mass is 31.2. The fourth-order valence-electron chi connectivity index (χ4n) is 3.84. The summed E-state index contributed by atoms with van der Waals surface area (Å²) in [5.41, 5.74) is 0. The van der Waals surface area contributed by atoms with Gasteiger partial charge < -0.3 is 23.8 Å². The van der Waals surface area contributed by atoms with E-state index in [0.717, 1.165) is 0 Å². The first kappa shape index (κ1) is 24.7. The molecule has 29 heavy (non-hydrogen) atoms. The van der Waals surface area contributed by atoms with Crippen LogP contribution in [0.2, 0.25) is 0 Å². The van der Waals surface area contributed by atoms with E-state index in [1.165, 1.54) is 0 Å². The van der Waals surface area contributed by atoms with Crippen LogP contribution in [0.1, 0.15) is 54.4 Å². The molecule has 1 heterocycles. The van der Waals surface area contributed by atoms with Crippen molar-refractivity contribution in [2.24, 2.45) is 11.8 Å². The minimum absolute atomic E-state index is 0.0584. The van der Waals surface area contributed by atoms with E-state index in [1.807, 2.05) is 34.6 Å². The number of carbonyl (C=O) groups is 1. The smallest absolute Gasteiger partial charge is 0.392 e. The number of aliphatic hydroxyl groups excluding tert-OH is 1. The third-order valence-corrected chi connectivity index (χ3v) is 6.11. The summed E-state index contributed by atoms with van der Waals surface area (Å²) in [7, 11) is -4.72. The van der Waals surface area contributed by atoms with Gasteiger partial charge in [0.05, 0.1) is 43.2 Å². The van der Waals surface area contributed by atoms with Gasteiger partial charge in [0, 0.05) is 12.3 Å². The lowest BCUT2D eigenvalue weighted by Crippen LogP contribution is -2.36. The number of rotatable bonds is 9. The quantitative estimate of drug-likeness (QED) is 0.523. The fourth-order valence-corrected chi connectivity index (χ4v) is 4.80. The molecule has 2 N–H and O–H groups in total. The molecule has 0 bridgehead atoms. The van der Waals surface area contributed by atoms with Crippen LogP contribution in [0, 0.1) is 11.8 Å². The zero-order chi connectivity index (χ0) is 21.9. The molecule has 1 saturated carbocycles. The van der Waals surface area contributed by atoms with Gasteiger partial charge in [0.15, 0.2) is 6.10 Å². The first-order valence-corrected chi connectivity index (χ1v) is 11.7. The predicted octanol–water partition coefficient (Wildman–Crippen LogP) is 2.43.